The molecule has 0 aromatic rings. The summed E-state index contributed by atoms with van der Waals surface area (Å²) in [6.07, 6.45) is -0.661. The number of hydrogen-bond donors (Lipinski definition) is 2. The van der Waals surface area contributed by atoms with Gasteiger partial charge in [0.25, 0.3) is 0 Å². The van der Waals surface area contributed by atoms with E-state index in [0.717, 1.165) is 11.8 Å². The van der Waals surface area contributed by atoms with Gasteiger partial charge < -0.3 is 14.9 Å². The van der Waals surface area contributed by atoms with Crippen molar-refractivity contribution >= 4 is 5.91 Å². The minimum atomic E-state index is -2.13. The summed E-state index contributed by atoms with van der Waals surface area (Å²) >= 11 is 0. The predicted molar refractivity (Wildman–Crippen MR) is 61.0 cm³/mol. The fourth-order valence-corrected chi connectivity index (χ4v) is 2.19. The van der Waals surface area contributed by atoms with Crippen molar-refractivity contribution < 1.29 is 24.1 Å². The number of halogens is 1. The molecular weight excluding hydrogens is 241 g/mol. The Morgan fingerprint density at radius 2 is 2.39 bits per heavy atom. The number of carbonyl (C=O) groups excluding carboxylic acids is 1. The van der Waals surface area contributed by atoms with Gasteiger partial charge in [-0.15, -0.1) is 0 Å². The Bertz CT molecular complexity index is 407. The number of carbonyl (C=O) groups is 1. The van der Waals surface area contributed by atoms with Gasteiger partial charge in [-0.1, -0.05) is 6.58 Å². The van der Waals surface area contributed by atoms with E-state index in [1.807, 2.05) is 0 Å². The summed E-state index contributed by atoms with van der Waals surface area (Å²) in [6, 6.07) is 0. The third-order valence-corrected chi connectivity index (χ3v) is 3.29. The Labute approximate surface area is 104 Å². The van der Waals surface area contributed by atoms with E-state index in [0.29, 0.717) is 5.57 Å². The summed E-state index contributed by atoms with van der Waals surface area (Å²) in [5, 5.41) is 18.7. The van der Waals surface area contributed by atoms with Gasteiger partial charge in [0.1, 0.15) is 12.2 Å². The summed E-state index contributed by atoms with van der Waals surface area (Å²) in [5.74, 6) is -0.345. The van der Waals surface area contributed by atoms with Crippen LogP contribution in [0.25, 0.3) is 0 Å². The molecule has 5 nitrogen and oxygen atoms in total. The van der Waals surface area contributed by atoms with Crippen molar-refractivity contribution in [3.63, 3.8) is 0 Å². The second-order valence-electron chi connectivity index (χ2n) is 4.76. The number of ether oxygens (including phenoxy) is 1. The lowest BCUT2D eigenvalue weighted by Gasteiger charge is -2.33. The fourth-order valence-electron chi connectivity index (χ4n) is 2.19. The zero-order valence-corrected chi connectivity index (χ0v) is 10.0. The summed E-state index contributed by atoms with van der Waals surface area (Å²) in [7, 11) is 0. The monoisotopic (exact) mass is 257 g/mol. The summed E-state index contributed by atoms with van der Waals surface area (Å²) < 4.78 is 19.7. The number of aliphatic hydroxyl groups is 2. The molecule has 100 valence electrons. The van der Waals surface area contributed by atoms with Crippen LogP contribution in [0, 0.1) is 0 Å². The molecule has 2 rings (SSSR count). The average molecular weight is 257 g/mol. The minimum absolute atomic E-state index is 0.0896. The van der Waals surface area contributed by atoms with Crippen molar-refractivity contribution in [1.29, 1.82) is 0 Å². The van der Waals surface area contributed by atoms with Gasteiger partial charge in [-0.3, -0.25) is 9.69 Å². The van der Waals surface area contributed by atoms with E-state index in [1.165, 1.54) is 6.20 Å². The molecule has 1 fully saturated rings. The largest absolute Gasteiger partial charge is 0.394 e. The van der Waals surface area contributed by atoms with Crippen LogP contribution in [0.4, 0.5) is 4.39 Å². The molecule has 18 heavy (non-hydrogen) atoms. The molecule has 0 unspecified atom stereocenters. The maximum Gasteiger partial charge on any atom is 0.233 e. The van der Waals surface area contributed by atoms with Gasteiger partial charge >= 0.3 is 0 Å². The van der Waals surface area contributed by atoms with Crippen LogP contribution in [-0.2, 0) is 9.53 Å². The molecule has 0 saturated carbocycles. The fraction of sp³-hybridized carbons (Fsp3) is 0.583. The Balaban J connectivity index is 2.26. The maximum absolute atomic E-state index is 14.4. The van der Waals surface area contributed by atoms with E-state index in [4.69, 9.17) is 9.84 Å². The van der Waals surface area contributed by atoms with Gasteiger partial charge in [-0.25, -0.2) is 4.39 Å². The Morgan fingerprint density at radius 3 is 2.89 bits per heavy atom. The van der Waals surface area contributed by atoms with Crippen molar-refractivity contribution in [3.05, 3.63) is 24.4 Å². The van der Waals surface area contributed by atoms with Gasteiger partial charge in [0.2, 0.25) is 5.91 Å². The van der Waals surface area contributed by atoms with Crippen LogP contribution in [0.15, 0.2) is 24.4 Å². The van der Waals surface area contributed by atoms with Gasteiger partial charge in [0, 0.05) is 6.20 Å². The van der Waals surface area contributed by atoms with Gasteiger partial charge in [0.05, 0.1) is 13.0 Å². The molecule has 0 bridgehead atoms. The van der Waals surface area contributed by atoms with Crippen LogP contribution in [0.1, 0.15) is 13.3 Å². The zero-order valence-electron chi connectivity index (χ0n) is 10.0. The number of hydrogen-bond acceptors (Lipinski definition) is 4. The lowest BCUT2D eigenvalue weighted by atomic mass is 9.97. The van der Waals surface area contributed by atoms with E-state index in [2.05, 4.69) is 6.58 Å². The Kier molecular flexibility index (Phi) is 3.27. The first-order valence-corrected chi connectivity index (χ1v) is 5.68. The van der Waals surface area contributed by atoms with E-state index in [1.54, 1.807) is 6.08 Å². The lowest BCUT2D eigenvalue weighted by molar-refractivity contribution is -0.148. The zero-order chi connectivity index (χ0) is 13.5. The standard InChI is InChI=1S/C12H16FNO4/c1-7-3-4-14(9(16)5-7)11-12(2,13)10(17)8(6-15)18-11/h3-4,8,10-11,15,17H,1,5-6H2,2H3/t8-,10-,11-,12-/m1/s1. The number of alkyl halides is 1. The van der Waals surface area contributed by atoms with E-state index in [9.17, 15) is 14.3 Å². The maximum atomic E-state index is 14.4. The molecule has 2 aliphatic heterocycles. The molecule has 0 aliphatic carbocycles. The quantitative estimate of drug-likeness (QED) is 0.736. The topological polar surface area (TPSA) is 70.0 Å². The summed E-state index contributed by atoms with van der Waals surface area (Å²) in [5.41, 5.74) is -1.50. The average Bonchev–Trinajstić information content (AvgIpc) is 2.52. The smallest absolute Gasteiger partial charge is 0.233 e. The van der Waals surface area contributed by atoms with Crippen LogP contribution in [0.5, 0.6) is 0 Å². The molecule has 0 spiro atoms. The molecule has 2 heterocycles. The highest BCUT2D eigenvalue weighted by Gasteiger charge is 2.56. The number of amides is 1. The molecule has 6 heteroatoms. The molecular formula is C12H16FNO4. The van der Waals surface area contributed by atoms with Crippen LogP contribution in [0.3, 0.4) is 0 Å². The van der Waals surface area contributed by atoms with Crippen LogP contribution < -0.4 is 0 Å². The second-order valence-corrected chi connectivity index (χ2v) is 4.76. The number of allylic oxidation sites excluding steroid dienone is 1. The third kappa shape index (κ3) is 1.96. The van der Waals surface area contributed by atoms with Gasteiger partial charge in [-0.2, -0.15) is 0 Å². The van der Waals surface area contributed by atoms with Crippen molar-refractivity contribution in [1.82, 2.24) is 4.90 Å². The predicted octanol–water partition coefficient (Wildman–Crippen LogP) is 0.0949. The molecule has 0 aromatic heterocycles. The van der Waals surface area contributed by atoms with E-state index >= 15 is 0 Å². The summed E-state index contributed by atoms with van der Waals surface area (Å²) in [6.45, 7) is 4.30. The van der Waals surface area contributed by atoms with Crippen molar-refractivity contribution in [3.8, 4) is 0 Å². The van der Waals surface area contributed by atoms with Crippen molar-refractivity contribution in [2.45, 2.75) is 37.4 Å². The highest BCUT2D eigenvalue weighted by atomic mass is 19.1. The first-order chi connectivity index (χ1) is 8.37. The van der Waals surface area contributed by atoms with Crippen LogP contribution in [0.2, 0.25) is 0 Å². The molecule has 1 amide bonds. The van der Waals surface area contributed by atoms with Gasteiger partial charge in [0.15, 0.2) is 11.9 Å². The second kappa shape index (κ2) is 4.46. The Morgan fingerprint density at radius 1 is 1.72 bits per heavy atom. The van der Waals surface area contributed by atoms with Gasteiger partial charge in [-0.05, 0) is 18.6 Å². The summed E-state index contributed by atoms with van der Waals surface area (Å²) in [4.78, 5) is 12.9. The van der Waals surface area contributed by atoms with E-state index < -0.39 is 30.7 Å². The van der Waals surface area contributed by atoms with E-state index in [-0.39, 0.29) is 12.3 Å². The number of rotatable bonds is 2. The Hall–Kier alpha value is -1.24. The first-order valence-electron chi connectivity index (χ1n) is 5.68. The SMILES string of the molecule is C=C1C=CN([C@@H]2O[C@H](CO)[C@@H](O)[C@@]2(C)F)C(=O)C1. The van der Waals surface area contributed by atoms with Crippen molar-refractivity contribution in [2.75, 3.05) is 6.61 Å². The van der Waals surface area contributed by atoms with Crippen molar-refractivity contribution in [2.24, 2.45) is 0 Å². The van der Waals surface area contributed by atoms with Crippen LogP contribution >= 0.6 is 0 Å². The highest BCUT2D eigenvalue weighted by molar-refractivity contribution is 5.82. The van der Waals surface area contributed by atoms with Crippen LogP contribution in [-0.4, -0.2) is 51.7 Å². The molecule has 0 aromatic carbocycles. The molecule has 1 saturated heterocycles. The number of nitrogens with zero attached hydrogens (tertiary/aromatic N) is 1. The molecule has 2 aliphatic rings. The normalized spacial score (nSPS) is 40.7. The third-order valence-electron chi connectivity index (χ3n) is 3.29. The number of aliphatic hydroxyl groups excluding tert-OH is 2. The first kappa shape index (κ1) is 13.2. The molecule has 0 radical (unpaired) electrons. The molecule has 4 atom stereocenters. The highest BCUT2D eigenvalue weighted by Crippen LogP contribution is 2.37. The lowest BCUT2D eigenvalue weighted by Crippen LogP contribution is -2.50. The molecule has 2 N–H and O–H groups in total. The minimum Gasteiger partial charge on any atom is -0.394 e.